The fraction of sp³-hybridized carbons (Fsp3) is 0.615. The van der Waals surface area contributed by atoms with E-state index in [4.69, 9.17) is 0 Å². The predicted octanol–water partition coefficient (Wildman–Crippen LogP) is 1.20. The topological polar surface area (TPSA) is 74.3 Å². The Morgan fingerprint density at radius 1 is 1.50 bits per heavy atom. The van der Waals surface area contributed by atoms with Gasteiger partial charge < -0.3 is 20.1 Å². The number of aliphatic hydroxyl groups is 1. The summed E-state index contributed by atoms with van der Waals surface area (Å²) in [6, 6.07) is 3.57. The molecule has 0 radical (unpaired) electrons. The lowest BCUT2D eigenvalue weighted by atomic mass is 9.99. The average Bonchev–Trinajstić information content (AvgIpc) is 3.05. The number of nitrogens with one attached hydrogen (secondary N) is 2. The number of rotatable bonds is 5. The molecule has 1 aliphatic rings. The van der Waals surface area contributed by atoms with Crippen LogP contribution in [0.5, 0.6) is 0 Å². The third-order valence-electron chi connectivity index (χ3n) is 3.67. The summed E-state index contributed by atoms with van der Waals surface area (Å²) in [6.45, 7) is 0.787. The van der Waals surface area contributed by atoms with E-state index in [1.165, 1.54) is 7.11 Å². The van der Waals surface area contributed by atoms with Crippen LogP contribution in [0.25, 0.3) is 0 Å². The molecule has 0 aliphatic heterocycles. The quantitative estimate of drug-likeness (QED) is 0.688. The highest BCUT2D eigenvalue weighted by Gasteiger charge is 2.32. The number of carbonyl (C=O) groups is 1. The maximum atomic E-state index is 11.3. The summed E-state index contributed by atoms with van der Waals surface area (Å²) in [5.74, 6) is -0.362. The van der Waals surface area contributed by atoms with E-state index >= 15 is 0 Å². The van der Waals surface area contributed by atoms with E-state index in [-0.39, 0.29) is 18.1 Å². The standard InChI is InChI=1S/C13H20N2O3/c1-18-12(17)11-5-4-10(15-11)8-14-13(9-16)6-2-3-7-13/h4-5,14-16H,2-3,6-9H2,1H3. The highest BCUT2D eigenvalue weighted by molar-refractivity contribution is 5.87. The summed E-state index contributed by atoms with van der Waals surface area (Å²) in [5.41, 5.74) is 1.24. The maximum absolute atomic E-state index is 11.3. The van der Waals surface area contributed by atoms with Crippen molar-refractivity contribution in [1.82, 2.24) is 10.3 Å². The minimum Gasteiger partial charge on any atom is -0.464 e. The van der Waals surface area contributed by atoms with Gasteiger partial charge in [0.15, 0.2) is 0 Å². The van der Waals surface area contributed by atoms with Gasteiger partial charge in [-0.3, -0.25) is 0 Å². The molecule has 5 heteroatoms. The molecule has 3 N–H and O–H groups in total. The highest BCUT2D eigenvalue weighted by Crippen LogP contribution is 2.29. The van der Waals surface area contributed by atoms with Crippen molar-refractivity contribution in [2.24, 2.45) is 0 Å². The molecule has 0 aromatic carbocycles. The lowest BCUT2D eigenvalue weighted by Crippen LogP contribution is -2.45. The van der Waals surface area contributed by atoms with Crippen LogP contribution >= 0.6 is 0 Å². The largest absolute Gasteiger partial charge is 0.464 e. The molecule has 0 bridgehead atoms. The smallest absolute Gasteiger partial charge is 0.354 e. The number of aliphatic hydroxyl groups excluding tert-OH is 1. The molecule has 1 heterocycles. The number of aromatic amines is 1. The van der Waals surface area contributed by atoms with Crippen molar-refractivity contribution in [3.05, 3.63) is 23.5 Å². The molecule has 100 valence electrons. The van der Waals surface area contributed by atoms with E-state index in [2.05, 4.69) is 15.0 Å². The summed E-state index contributed by atoms with van der Waals surface area (Å²) in [4.78, 5) is 14.3. The SMILES string of the molecule is COC(=O)c1ccc(CNC2(CO)CCCC2)[nH]1. The number of hydrogen-bond acceptors (Lipinski definition) is 4. The first-order valence-electron chi connectivity index (χ1n) is 6.31. The van der Waals surface area contributed by atoms with Crippen molar-refractivity contribution in [2.75, 3.05) is 13.7 Å². The molecule has 0 saturated heterocycles. The normalized spacial score (nSPS) is 17.9. The second-order valence-electron chi connectivity index (χ2n) is 4.89. The lowest BCUT2D eigenvalue weighted by Gasteiger charge is -2.27. The second-order valence-corrected chi connectivity index (χ2v) is 4.89. The van der Waals surface area contributed by atoms with Crippen molar-refractivity contribution in [3.8, 4) is 0 Å². The second kappa shape index (κ2) is 5.54. The molecule has 1 aliphatic carbocycles. The molecule has 2 rings (SSSR count). The highest BCUT2D eigenvalue weighted by atomic mass is 16.5. The molecule has 0 unspecified atom stereocenters. The third-order valence-corrected chi connectivity index (χ3v) is 3.67. The van der Waals surface area contributed by atoms with Crippen LogP contribution in [0.4, 0.5) is 0 Å². The molecule has 0 amide bonds. The Bertz CT molecular complexity index is 408. The van der Waals surface area contributed by atoms with Crippen molar-refractivity contribution in [1.29, 1.82) is 0 Å². The van der Waals surface area contributed by atoms with Crippen LogP contribution in [0.15, 0.2) is 12.1 Å². The zero-order valence-electron chi connectivity index (χ0n) is 10.7. The molecular formula is C13H20N2O3. The molecule has 18 heavy (non-hydrogen) atoms. The van der Waals surface area contributed by atoms with Gasteiger partial charge in [0.1, 0.15) is 5.69 Å². The van der Waals surface area contributed by atoms with Crippen LogP contribution in [-0.4, -0.2) is 35.3 Å². The molecular weight excluding hydrogens is 232 g/mol. The molecule has 1 aromatic heterocycles. The molecule has 5 nitrogen and oxygen atoms in total. The average molecular weight is 252 g/mol. The first-order valence-corrected chi connectivity index (χ1v) is 6.31. The van der Waals surface area contributed by atoms with Gasteiger partial charge in [-0.2, -0.15) is 0 Å². The van der Waals surface area contributed by atoms with E-state index in [0.717, 1.165) is 31.4 Å². The van der Waals surface area contributed by atoms with Gasteiger partial charge in [-0.05, 0) is 25.0 Å². The van der Waals surface area contributed by atoms with Gasteiger partial charge in [-0.25, -0.2) is 4.79 Å². The van der Waals surface area contributed by atoms with E-state index in [1.807, 2.05) is 6.07 Å². The van der Waals surface area contributed by atoms with Crippen molar-refractivity contribution in [2.45, 2.75) is 37.8 Å². The number of ether oxygens (including phenoxy) is 1. The number of methoxy groups -OCH3 is 1. The number of esters is 1. The Balaban J connectivity index is 1.93. The van der Waals surface area contributed by atoms with Crippen LogP contribution in [0.1, 0.15) is 41.9 Å². The van der Waals surface area contributed by atoms with E-state index < -0.39 is 0 Å². The Labute approximate surface area is 107 Å². The molecule has 0 spiro atoms. The molecule has 1 saturated carbocycles. The summed E-state index contributed by atoms with van der Waals surface area (Å²) in [5, 5.41) is 12.9. The first kappa shape index (κ1) is 13.1. The van der Waals surface area contributed by atoms with Crippen molar-refractivity contribution < 1.29 is 14.6 Å². The van der Waals surface area contributed by atoms with Gasteiger partial charge in [0, 0.05) is 17.8 Å². The summed E-state index contributed by atoms with van der Waals surface area (Å²) < 4.78 is 4.64. The summed E-state index contributed by atoms with van der Waals surface area (Å²) >= 11 is 0. The number of carbonyl (C=O) groups excluding carboxylic acids is 1. The minimum absolute atomic E-state index is 0.142. The monoisotopic (exact) mass is 252 g/mol. The zero-order valence-corrected chi connectivity index (χ0v) is 10.7. The van der Waals surface area contributed by atoms with E-state index in [1.54, 1.807) is 6.07 Å². The Kier molecular flexibility index (Phi) is 4.04. The van der Waals surface area contributed by atoms with Crippen LogP contribution in [0.2, 0.25) is 0 Å². The van der Waals surface area contributed by atoms with Crippen molar-refractivity contribution in [3.63, 3.8) is 0 Å². The first-order chi connectivity index (χ1) is 8.69. The number of aromatic nitrogens is 1. The van der Waals surface area contributed by atoms with Crippen molar-refractivity contribution >= 4 is 5.97 Å². The lowest BCUT2D eigenvalue weighted by molar-refractivity contribution is 0.0594. The van der Waals surface area contributed by atoms with Crippen LogP contribution in [0.3, 0.4) is 0 Å². The number of H-pyrrole nitrogens is 1. The minimum atomic E-state index is -0.362. The van der Waals surface area contributed by atoms with Crippen LogP contribution in [-0.2, 0) is 11.3 Å². The third kappa shape index (κ3) is 2.73. The summed E-state index contributed by atoms with van der Waals surface area (Å²) in [7, 11) is 1.36. The number of hydrogen-bond donors (Lipinski definition) is 3. The van der Waals surface area contributed by atoms with Gasteiger partial charge in [-0.1, -0.05) is 12.8 Å². The van der Waals surface area contributed by atoms with Gasteiger partial charge in [0.25, 0.3) is 0 Å². The van der Waals surface area contributed by atoms with Gasteiger partial charge in [0.05, 0.1) is 13.7 Å². The molecule has 1 aromatic rings. The Morgan fingerprint density at radius 3 is 2.83 bits per heavy atom. The van der Waals surface area contributed by atoms with Crippen LogP contribution in [0, 0.1) is 0 Å². The Hall–Kier alpha value is -1.33. The zero-order chi connectivity index (χ0) is 13.0. The predicted molar refractivity (Wildman–Crippen MR) is 67.3 cm³/mol. The van der Waals surface area contributed by atoms with E-state index in [9.17, 15) is 9.90 Å². The fourth-order valence-electron chi connectivity index (χ4n) is 2.50. The molecule has 0 atom stereocenters. The van der Waals surface area contributed by atoms with E-state index in [0.29, 0.717) is 12.2 Å². The molecule has 1 fully saturated rings. The van der Waals surface area contributed by atoms with Gasteiger partial charge >= 0.3 is 5.97 Å². The Morgan fingerprint density at radius 2 is 2.22 bits per heavy atom. The van der Waals surface area contributed by atoms with Gasteiger partial charge in [-0.15, -0.1) is 0 Å². The van der Waals surface area contributed by atoms with Gasteiger partial charge in [0.2, 0.25) is 0 Å². The van der Waals surface area contributed by atoms with Crippen LogP contribution < -0.4 is 5.32 Å². The fourth-order valence-corrected chi connectivity index (χ4v) is 2.50. The maximum Gasteiger partial charge on any atom is 0.354 e. The summed E-state index contributed by atoms with van der Waals surface area (Å²) in [6.07, 6.45) is 4.33.